The maximum absolute atomic E-state index is 13.1. The van der Waals surface area contributed by atoms with E-state index in [1.54, 1.807) is 49.1 Å². The Labute approximate surface area is 189 Å². The lowest BCUT2D eigenvalue weighted by Gasteiger charge is -2.17. The second-order valence-corrected chi connectivity index (χ2v) is 8.27. The van der Waals surface area contributed by atoms with E-state index < -0.39 is 5.60 Å². The van der Waals surface area contributed by atoms with E-state index in [1.165, 1.54) is 0 Å². The van der Waals surface area contributed by atoms with Gasteiger partial charge in [0.15, 0.2) is 11.2 Å². The monoisotopic (exact) mass is 446 g/mol. The zero-order valence-corrected chi connectivity index (χ0v) is 18.2. The Balaban J connectivity index is 1.38. The van der Waals surface area contributed by atoms with Gasteiger partial charge in [-0.2, -0.15) is 5.10 Å². The van der Waals surface area contributed by atoms with Gasteiger partial charge in [0.05, 0.1) is 17.5 Å². The van der Waals surface area contributed by atoms with Crippen molar-refractivity contribution in [3.8, 4) is 5.75 Å². The van der Waals surface area contributed by atoms with Crippen LogP contribution in [0.5, 0.6) is 5.75 Å². The molecule has 0 bridgehead atoms. The number of Topliss-reactive ketones (excluding diaryl/α,β-unsaturated/α-hetero) is 1. The molecule has 0 atom stereocenters. The lowest BCUT2D eigenvalue weighted by atomic mass is 9.93. The van der Waals surface area contributed by atoms with E-state index >= 15 is 0 Å². The normalized spacial score (nSPS) is 15.3. The van der Waals surface area contributed by atoms with Crippen LogP contribution >= 0.6 is 11.6 Å². The number of carbonyl (C=O) groups is 1. The third kappa shape index (κ3) is 3.71. The lowest BCUT2D eigenvalue weighted by Crippen LogP contribution is -2.29. The van der Waals surface area contributed by atoms with Gasteiger partial charge < -0.3 is 9.47 Å². The molecule has 0 spiro atoms. The van der Waals surface area contributed by atoms with Crippen LogP contribution in [0.25, 0.3) is 17.0 Å². The third-order valence-corrected chi connectivity index (χ3v) is 5.37. The van der Waals surface area contributed by atoms with Gasteiger partial charge in [-0.25, -0.2) is 9.50 Å². The molecule has 0 aliphatic carbocycles. The third-order valence-electron chi connectivity index (χ3n) is 5.17. The molecule has 3 aromatic heterocycles. The van der Waals surface area contributed by atoms with E-state index in [0.717, 1.165) is 16.8 Å². The summed E-state index contributed by atoms with van der Waals surface area (Å²) in [6.07, 6.45) is 5.13. The summed E-state index contributed by atoms with van der Waals surface area (Å²) in [5, 5.41) is 4.56. The number of pyridine rings is 1. The molecule has 7 nitrogen and oxygen atoms in total. The van der Waals surface area contributed by atoms with E-state index in [4.69, 9.17) is 21.1 Å². The van der Waals surface area contributed by atoms with Crippen LogP contribution in [0.1, 0.15) is 30.7 Å². The van der Waals surface area contributed by atoms with E-state index in [-0.39, 0.29) is 12.4 Å². The van der Waals surface area contributed by atoms with Crippen LogP contribution in [-0.4, -0.2) is 31.0 Å². The van der Waals surface area contributed by atoms with Crippen molar-refractivity contribution in [2.75, 3.05) is 0 Å². The number of hydrogen-bond donors (Lipinski definition) is 0. The minimum atomic E-state index is -0.927. The van der Waals surface area contributed by atoms with Crippen molar-refractivity contribution in [3.63, 3.8) is 0 Å². The van der Waals surface area contributed by atoms with Crippen molar-refractivity contribution >= 4 is 34.4 Å². The standard InChI is InChI=1S/C24H19ClN4O3/c1-24(2)23(30)21(22(32-24)16-9-11-26-12-10-16)15-3-5-18(6-4-15)31-14-17-13-29-20(27-17)8-7-19(25)28-29/h3-13H,14H2,1-2H3. The fraction of sp³-hybridized carbons (Fsp3) is 0.167. The Morgan fingerprint density at radius 1 is 1.03 bits per heavy atom. The van der Waals surface area contributed by atoms with Crippen molar-refractivity contribution in [3.05, 3.63) is 89.1 Å². The SMILES string of the molecule is CC1(C)OC(c2ccncc2)=C(c2ccc(OCc3cn4nc(Cl)ccc4n3)cc2)C1=O. The van der Waals surface area contributed by atoms with Crippen LogP contribution in [0.15, 0.2) is 67.1 Å². The van der Waals surface area contributed by atoms with Crippen LogP contribution in [0, 0.1) is 0 Å². The number of carbonyl (C=O) groups excluding carboxylic acids is 1. The van der Waals surface area contributed by atoms with Gasteiger partial charge in [-0.15, -0.1) is 0 Å². The summed E-state index contributed by atoms with van der Waals surface area (Å²) in [5.41, 5.74) is 2.63. The maximum Gasteiger partial charge on any atom is 0.210 e. The summed E-state index contributed by atoms with van der Waals surface area (Å²) in [5.74, 6) is 1.16. The van der Waals surface area contributed by atoms with Crippen molar-refractivity contribution in [2.45, 2.75) is 26.1 Å². The van der Waals surface area contributed by atoms with Gasteiger partial charge in [0.25, 0.3) is 0 Å². The van der Waals surface area contributed by atoms with Crippen LogP contribution in [-0.2, 0) is 16.1 Å². The molecule has 0 radical (unpaired) electrons. The zero-order chi connectivity index (χ0) is 22.3. The zero-order valence-electron chi connectivity index (χ0n) is 17.4. The predicted octanol–water partition coefficient (Wildman–Crippen LogP) is 4.60. The van der Waals surface area contributed by atoms with Crippen molar-refractivity contribution in [1.29, 1.82) is 0 Å². The van der Waals surface area contributed by atoms with Gasteiger partial charge in [0.2, 0.25) is 5.78 Å². The second-order valence-electron chi connectivity index (χ2n) is 7.89. The Hall–Kier alpha value is -3.71. The Morgan fingerprint density at radius 3 is 2.53 bits per heavy atom. The van der Waals surface area contributed by atoms with Crippen LogP contribution in [0.4, 0.5) is 0 Å². The predicted molar refractivity (Wildman–Crippen MR) is 120 cm³/mol. The summed E-state index contributed by atoms with van der Waals surface area (Å²) in [6, 6.07) is 14.5. The van der Waals surface area contributed by atoms with Gasteiger partial charge in [-0.1, -0.05) is 23.7 Å². The molecule has 32 heavy (non-hydrogen) atoms. The molecule has 0 saturated carbocycles. The number of imidazole rings is 1. The van der Waals surface area contributed by atoms with Crippen molar-refractivity contribution in [2.24, 2.45) is 0 Å². The topological polar surface area (TPSA) is 78.6 Å². The molecule has 0 unspecified atom stereocenters. The van der Waals surface area contributed by atoms with E-state index in [2.05, 4.69) is 15.1 Å². The molecule has 1 aromatic carbocycles. The van der Waals surface area contributed by atoms with Gasteiger partial charge in [0.1, 0.15) is 23.3 Å². The number of fused-ring (bicyclic) bond motifs is 1. The fourth-order valence-electron chi connectivity index (χ4n) is 3.58. The molecule has 5 rings (SSSR count). The molecule has 8 heteroatoms. The molecule has 0 amide bonds. The van der Waals surface area contributed by atoms with Crippen LogP contribution < -0.4 is 4.74 Å². The number of ether oxygens (including phenoxy) is 2. The molecule has 0 fully saturated rings. The number of rotatable bonds is 5. The lowest BCUT2D eigenvalue weighted by molar-refractivity contribution is -0.125. The highest BCUT2D eigenvalue weighted by Gasteiger charge is 2.42. The highest BCUT2D eigenvalue weighted by Crippen LogP contribution is 2.41. The summed E-state index contributed by atoms with van der Waals surface area (Å²) in [4.78, 5) is 21.6. The molecule has 1 aliphatic rings. The van der Waals surface area contributed by atoms with Crippen LogP contribution in [0.2, 0.25) is 5.15 Å². The molecule has 0 N–H and O–H groups in total. The summed E-state index contributed by atoms with van der Waals surface area (Å²) in [7, 11) is 0. The first-order chi connectivity index (χ1) is 15.4. The average Bonchev–Trinajstić information content (AvgIpc) is 3.30. The van der Waals surface area contributed by atoms with Crippen molar-refractivity contribution < 1.29 is 14.3 Å². The Bertz CT molecular complexity index is 1340. The first-order valence-electron chi connectivity index (χ1n) is 10.0. The van der Waals surface area contributed by atoms with Gasteiger partial charge in [-0.05, 0) is 55.8 Å². The summed E-state index contributed by atoms with van der Waals surface area (Å²) >= 11 is 5.92. The number of benzene rings is 1. The van der Waals surface area contributed by atoms with Crippen molar-refractivity contribution in [1.82, 2.24) is 19.6 Å². The molecule has 4 heterocycles. The minimum absolute atomic E-state index is 0.0613. The second kappa shape index (κ2) is 7.76. The highest BCUT2D eigenvalue weighted by atomic mass is 35.5. The number of aromatic nitrogens is 4. The molecular formula is C24H19ClN4O3. The van der Waals surface area contributed by atoms with Gasteiger partial charge >= 0.3 is 0 Å². The highest BCUT2D eigenvalue weighted by molar-refractivity contribution is 6.32. The molecule has 1 aliphatic heterocycles. The Kier molecular flexibility index (Phi) is 4.90. The first kappa shape index (κ1) is 20.2. The Morgan fingerprint density at radius 2 is 1.78 bits per heavy atom. The van der Waals surface area contributed by atoms with E-state index in [9.17, 15) is 4.79 Å². The first-order valence-corrected chi connectivity index (χ1v) is 10.4. The number of ketones is 1. The summed E-state index contributed by atoms with van der Waals surface area (Å²) < 4.78 is 13.5. The van der Waals surface area contributed by atoms with E-state index in [0.29, 0.717) is 27.9 Å². The number of nitrogens with zero attached hydrogens (tertiary/aromatic N) is 4. The van der Waals surface area contributed by atoms with Gasteiger partial charge in [-0.3, -0.25) is 9.78 Å². The molecule has 160 valence electrons. The molecule has 0 saturated heterocycles. The maximum atomic E-state index is 13.1. The van der Waals surface area contributed by atoms with Crippen LogP contribution in [0.3, 0.4) is 0 Å². The molecular weight excluding hydrogens is 428 g/mol. The largest absolute Gasteiger partial charge is 0.487 e. The summed E-state index contributed by atoms with van der Waals surface area (Å²) in [6.45, 7) is 3.83. The van der Waals surface area contributed by atoms with E-state index in [1.807, 2.05) is 36.4 Å². The molecule has 4 aromatic rings. The minimum Gasteiger partial charge on any atom is -0.487 e. The van der Waals surface area contributed by atoms with Gasteiger partial charge in [0, 0.05) is 18.0 Å². The fourth-order valence-corrected chi connectivity index (χ4v) is 3.72. The number of halogens is 1. The average molecular weight is 447 g/mol. The number of hydrogen-bond acceptors (Lipinski definition) is 6. The quantitative estimate of drug-likeness (QED) is 0.445. The smallest absolute Gasteiger partial charge is 0.210 e.